The van der Waals surface area contributed by atoms with Crippen LogP contribution in [0.15, 0.2) is 34.8 Å². The smallest absolute Gasteiger partial charge is 0.270 e. The van der Waals surface area contributed by atoms with Gasteiger partial charge in [0.1, 0.15) is 11.4 Å². The van der Waals surface area contributed by atoms with E-state index in [2.05, 4.69) is 36.8 Å². The number of rotatable bonds is 8. The normalized spacial score (nSPS) is 10.2. The van der Waals surface area contributed by atoms with E-state index in [0.29, 0.717) is 29.9 Å². The van der Waals surface area contributed by atoms with Crippen molar-refractivity contribution in [3.8, 4) is 11.3 Å². The van der Waals surface area contributed by atoms with Gasteiger partial charge in [-0.3, -0.25) is 9.89 Å². The molecule has 8 heteroatoms. The molecule has 2 aromatic rings. The molecule has 3 N–H and O–H groups in total. The standard InChI is InChI=1S/C15H19BrN4O2.ClH/c1-22-10-9-17-7-8-18-15(21)14-12(16)13(19-20-14)11-5-3-2-4-6-11;/h2-6,17H,7-10H2,1H3,(H,18,21)(H,19,20);1H. The van der Waals surface area contributed by atoms with Gasteiger partial charge in [0.2, 0.25) is 0 Å². The predicted octanol–water partition coefficient (Wildman–Crippen LogP) is 2.23. The van der Waals surface area contributed by atoms with Gasteiger partial charge in [-0.2, -0.15) is 5.10 Å². The van der Waals surface area contributed by atoms with Crippen molar-refractivity contribution in [3.63, 3.8) is 0 Å². The second-order valence-corrected chi connectivity index (χ2v) is 5.42. The number of benzene rings is 1. The average Bonchev–Trinajstić information content (AvgIpc) is 2.93. The Balaban J connectivity index is 0.00000264. The third-order valence-electron chi connectivity index (χ3n) is 3.05. The second-order valence-electron chi connectivity index (χ2n) is 4.63. The quantitative estimate of drug-likeness (QED) is 0.591. The maximum absolute atomic E-state index is 12.1. The zero-order valence-corrected chi connectivity index (χ0v) is 15.2. The van der Waals surface area contributed by atoms with Crippen molar-refractivity contribution < 1.29 is 9.53 Å². The number of hydrogen-bond donors (Lipinski definition) is 3. The van der Waals surface area contributed by atoms with Crippen molar-refractivity contribution in [1.29, 1.82) is 0 Å². The molecule has 6 nitrogen and oxygen atoms in total. The van der Waals surface area contributed by atoms with Crippen LogP contribution in [-0.4, -0.2) is 49.5 Å². The third kappa shape index (κ3) is 5.62. The molecule has 0 aliphatic rings. The topological polar surface area (TPSA) is 79.0 Å². The van der Waals surface area contributed by atoms with E-state index in [9.17, 15) is 4.79 Å². The highest BCUT2D eigenvalue weighted by atomic mass is 79.9. The Bertz CT molecular complexity index is 607. The summed E-state index contributed by atoms with van der Waals surface area (Å²) in [6, 6.07) is 9.70. The van der Waals surface area contributed by atoms with Gasteiger partial charge in [0.05, 0.1) is 11.1 Å². The molecule has 0 unspecified atom stereocenters. The maximum atomic E-state index is 12.1. The van der Waals surface area contributed by atoms with Crippen LogP contribution in [0.5, 0.6) is 0 Å². The fraction of sp³-hybridized carbons (Fsp3) is 0.333. The lowest BCUT2D eigenvalue weighted by molar-refractivity contribution is 0.0948. The van der Waals surface area contributed by atoms with Gasteiger partial charge < -0.3 is 15.4 Å². The lowest BCUT2D eigenvalue weighted by atomic mass is 10.1. The van der Waals surface area contributed by atoms with Crippen LogP contribution in [0.1, 0.15) is 10.5 Å². The van der Waals surface area contributed by atoms with Crippen molar-refractivity contribution in [2.45, 2.75) is 0 Å². The van der Waals surface area contributed by atoms with Gasteiger partial charge >= 0.3 is 0 Å². The lowest BCUT2D eigenvalue weighted by Gasteiger charge is -2.05. The summed E-state index contributed by atoms with van der Waals surface area (Å²) in [7, 11) is 1.66. The molecule has 2 rings (SSSR count). The number of carbonyl (C=O) groups excluding carboxylic acids is 1. The average molecular weight is 404 g/mol. The number of H-pyrrole nitrogens is 1. The first-order valence-corrected chi connectivity index (χ1v) is 7.80. The van der Waals surface area contributed by atoms with Crippen LogP contribution in [0.2, 0.25) is 0 Å². The number of nitrogens with zero attached hydrogens (tertiary/aromatic N) is 1. The van der Waals surface area contributed by atoms with Gasteiger partial charge in [0, 0.05) is 32.3 Å². The molecule has 23 heavy (non-hydrogen) atoms. The maximum Gasteiger partial charge on any atom is 0.270 e. The van der Waals surface area contributed by atoms with Crippen LogP contribution in [0.25, 0.3) is 11.3 Å². The highest BCUT2D eigenvalue weighted by Crippen LogP contribution is 2.28. The molecule has 0 saturated carbocycles. The fourth-order valence-electron chi connectivity index (χ4n) is 1.92. The number of carbonyl (C=O) groups is 1. The largest absolute Gasteiger partial charge is 0.383 e. The molecule has 0 bridgehead atoms. The second kappa shape index (κ2) is 10.4. The summed E-state index contributed by atoms with van der Waals surface area (Å²) in [5.74, 6) is -0.185. The summed E-state index contributed by atoms with van der Waals surface area (Å²) in [4.78, 5) is 12.1. The molecule has 1 aromatic carbocycles. The van der Waals surface area contributed by atoms with E-state index in [-0.39, 0.29) is 18.3 Å². The van der Waals surface area contributed by atoms with Crippen LogP contribution in [0, 0.1) is 0 Å². The Labute approximate surface area is 149 Å². The number of hydrogen-bond acceptors (Lipinski definition) is 4. The molecule has 1 aromatic heterocycles. The van der Waals surface area contributed by atoms with Gasteiger partial charge in [0.15, 0.2) is 0 Å². The molecule has 0 aliphatic heterocycles. The fourth-order valence-corrected chi connectivity index (χ4v) is 2.50. The third-order valence-corrected chi connectivity index (χ3v) is 3.82. The number of aromatic nitrogens is 2. The molecule has 126 valence electrons. The van der Waals surface area contributed by atoms with E-state index in [0.717, 1.165) is 17.8 Å². The number of halogens is 2. The first-order valence-electron chi connectivity index (χ1n) is 7.01. The first-order chi connectivity index (χ1) is 10.7. The monoisotopic (exact) mass is 402 g/mol. The summed E-state index contributed by atoms with van der Waals surface area (Å²) < 4.78 is 5.60. The van der Waals surface area contributed by atoms with Gasteiger partial charge in [-0.15, -0.1) is 12.4 Å². The predicted molar refractivity (Wildman–Crippen MR) is 96.1 cm³/mol. The molecule has 0 radical (unpaired) electrons. The SMILES string of the molecule is COCCNCCNC(=O)c1[nH]nc(-c2ccccc2)c1Br.Cl. The molecule has 1 amide bonds. The Morgan fingerprint density at radius 3 is 2.70 bits per heavy atom. The Morgan fingerprint density at radius 1 is 1.26 bits per heavy atom. The summed E-state index contributed by atoms with van der Waals surface area (Å²) in [6.45, 7) is 2.64. The van der Waals surface area contributed by atoms with E-state index < -0.39 is 0 Å². The van der Waals surface area contributed by atoms with Crippen molar-refractivity contribution in [3.05, 3.63) is 40.5 Å². The highest BCUT2D eigenvalue weighted by molar-refractivity contribution is 9.10. The van der Waals surface area contributed by atoms with E-state index in [1.807, 2.05) is 30.3 Å². The molecule has 0 atom stereocenters. The molecule has 0 saturated heterocycles. The van der Waals surface area contributed by atoms with Crippen molar-refractivity contribution in [2.75, 3.05) is 33.4 Å². The van der Waals surface area contributed by atoms with E-state index in [1.165, 1.54) is 0 Å². The summed E-state index contributed by atoms with van der Waals surface area (Å²) >= 11 is 3.45. The van der Waals surface area contributed by atoms with E-state index >= 15 is 0 Å². The molecule has 0 aliphatic carbocycles. The Morgan fingerprint density at radius 2 is 2.00 bits per heavy atom. The first kappa shape index (κ1) is 19.6. The molecular weight excluding hydrogens is 384 g/mol. The minimum Gasteiger partial charge on any atom is -0.383 e. The molecule has 0 fully saturated rings. The van der Waals surface area contributed by atoms with Crippen LogP contribution < -0.4 is 10.6 Å². The summed E-state index contributed by atoms with van der Waals surface area (Å²) in [5.41, 5.74) is 2.10. The van der Waals surface area contributed by atoms with Crippen LogP contribution in [0.4, 0.5) is 0 Å². The van der Waals surface area contributed by atoms with Crippen molar-refractivity contribution in [2.24, 2.45) is 0 Å². The zero-order valence-electron chi connectivity index (χ0n) is 12.8. The van der Waals surface area contributed by atoms with Gasteiger partial charge in [0.25, 0.3) is 5.91 Å². The lowest BCUT2D eigenvalue weighted by Crippen LogP contribution is -2.33. The number of methoxy groups -OCH3 is 1. The minimum atomic E-state index is -0.185. The van der Waals surface area contributed by atoms with Gasteiger partial charge in [-0.05, 0) is 15.9 Å². The summed E-state index contributed by atoms with van der Waals surface area (Å²) in [6.07, 6.45) is 0. The van der Waals surface area contributed by atoms with Gasteiger partial charge in [-0.25, -0.2) is 0 Å². The zero-order chi connectivity index (χ0) is 15.8. The Kier molecular flexibility index (Phi) is 8.86. The van der Waals surface area contributed by atoms with E-state index in [4.69, 9.17) is 4.74 Å². The Hall–Kier alpha value is -1.41. The van der Waals surface area contributed by atoms with Crippen molar-refractivity contribution in [1.82, 2.24) is 20.8 Å². The van der Waals surface area contributed by atoms with Crippen LogP contribution >= 0.6 is 28.3 Å². The summed E-state index contributed by atoms with van der Waals surface area (Å²) in [5, 5.41) is 13.0. The van der Waals surface area contributed by atoms with Gasteiger partial charge in [-0.1, -0.05) is 30.3 Å². The number of ether oxygens (including phenoxy) is 1. The van der Waals surface area contributed by atoms with Crippen LogP contribution in [0.3, 0.4) is 0 Å². The molecular formula is C15H20BrClN4O2. The molecule has 0 spiro atoms. The highest BCUT2D eigenvalue weighted by Gasteiger charge is 2.17. The van der Waals surface area contributed by atoms with Crippen LogP contribution in [-0.2, 0) is 4.74 Å². The number of nitrogens with one attached hydrogen (secondary N) is 3. The molecule has 1 heterocycles. The van der Waals surface area contributed by atoms with Crippen molar-refractivity contribution >= 4 is 34.2 Å². The van der Waals surface area contributed by atoms with E-state index in [1.54, 1.807) is 7.11 Å². The minimum absolute atomic E-state index is 0. The number of amides is 1. The number of aromatic amines is 1.